The molecule has 88 valence electrons. The maximum Gasteiger partial charge on any atom is 0.313 e. The molecule has 0 saturated carbocycles. The largest absolute Gasteiger partial charge is 0.373 e. The summed E-state index contributed by atoms with van der Waals surface area (Å²) in [5, 5.41) is 17.8. The van der Waals surface area contributed by atoms with Gasteiger partial charge in [-0.2, -0.15) is 5.10 Å². The fourth-order valence-corrected chi connectivity index (χ4v) is 1.70. The summed E-state index contributed by atoms with van der Waals surface area (Å²) >= 11 is 2.08. The summed E-state index contributed by atoms with van der Waals surface area (Å²) in [4.78, 5) is 14.6. The number of pyridine rings is 1. The van der Waals surface area contributed by atoms with E-state index in [0.717, 1.165) is 3.57 Å². The Morgan fingerprint density at radius 2 is 2.29 bits per heavy atom. The van der Waals surface area contributed by atoms with Gasteiger partial charge >= 0.3 is 5.69 Å². The molecule has 0 unspecified atom stereocenters. The number of hydrogen-bond donors (Lipinski definition) is 1. The number of nitro groups is 1. The minimum Gasteiger partial charge on any atom is -0.373 e. The minimum atomic E-state index is -0.476. The van der Waals surface area contributed by atoms with Crippen molar-refractivity contribution in [1.29, 1.82) is 0 Å². The Hall–Kier alpha value is -1.71. The topological polar surface area (TPSA) is 85.9 Å². The van der Waals surface area contributed by atoms with Crippen LogP contribution in [0, 0.1) is 13.7 Å². The van der Waals surface area contributed by atoms with Gasteiger partial charge in [-0.3, -0.25) is 10.1 Å². The van der Waals surface area contributed by atoms with Crippen LogP contribution in [0.3, 0.4) is 0 Å². The zero-order chi connectivity index (χ0) is 12.4. The third-order valence-corrected chi connectivity index (χ3v) is 2.63. The van der Waals surface area contributed by atoms with Gasteiger partial charge in [0.1, 0.15) is 5.82 Å². The van der Waals surface area contributed by atoms with Gasteiger partial charge in [-0.1, -0.05) is 0 Å². The molecule has 2 heterocycles. The van der Waals surface area contributed by atoms with Crippen LogP contribution in [0.2, 0.25) is 0 Å². The van der Waals surface area contributed by atoms with Gasteiger partial charge in [0.2, 0.25) is 5.82 Å². The molecule has 2 aromatic heterocycles. The second-order valence-corrected chi connectivity index (χ2v) is 4.40. The number of aromatic nitrogens is 3. The van der Waals surface area contributed by atoms with E-state index in [2.05, 4.69) is 38.0 Å². The van der Waals surface area contributed by atoms with Crippen molar-refractivity contribution in [3.05, 3.63) is 38.2 Å². The van der Waals surface area contributed by atoms with Crippen LogP contribution < -0.4 is 5.32 Å². The average molecular weight is 345 g/mol. The molecule has 2 rings (SSSR count). The molecule has 0 aliphatic carbocycles. The lowest BCUT2D eigenvalue weighted by molar-refractivity contribution is -0.384. The molecule has 8 heteroatoms. The third-order valence-electron chi connectivity index (χ3n) is 2.08. The smallest absolute Gasteiger partial charge is 0.313 e. The molecule has 0 radical (unpaired) electrons. The normalized spacial score (nSPS) is 10.2. The van der Waals surface area contributed by atoms with E-state index in [1.807, 2.05) is 0 Å². The molecule has 0 saturated heterocycles. The molecule has 7 nitrogen and oxygen atoms in total. The summed E-state index contributed by atoms with van der Waals surface area (Å²) in [6.07, 6.45) is 3.29. The van der Waals surface area contributed by atoms with E-state index in [1.165, 1.54) is 10.7 Å². The first-order valence-corrected chi connectivity index (χ1v) is 5.73. The van der Waals surface area contributed by atoms with Gasteiger partial charge in [-0.05, 0) is 28.7 Å². The van der Waals surface area contributed by atoms with Crippen molar-refractivity contribution in [3.8, 4) is 5.82 Å². The molecule has 0 atom stereocenters. The molecule has 0 aliphatic heterocycles. The van der Waals surface area contributed by atoms with Crippen molar-refractivity contribution in [2.24, 2.45) is 0 Å². The molecule has 0 amide bonds. The van der Waals surface area contributed by atoms with Crippen LogP contribution in [0.15, 0.2) is 24.5 Å². The zero-order valence-corrected chi connectivity index (χ0v) is 11.0. The lowest BCUT2D eigenvalue weighted by Gasteiger charge is -2.04. The molecule has 17 heavy (non-hydrogen) atoms. The molecular formula is C9H8IN5O2. The number of anilines is 1. The average Bonchev–Trinajstić information content (AvgIpc) is 2.75. The van der Waals surface area contributed by atoms with Crippen molar-refractivity contribution in [3.63, 3.8) is 0 Å². The monoisotopic (exact) mass is 345 g/mol. The molecule has 2 aromatic rings. The maximum absolute atomic E-state index is 10.9. The Labute approximate surface area is 110 Å². The lowest BCUT2D eigenvalue weighted by Crippen LogP contribution is -2.05. The van der Waals surface area contributed by atoms with Crippen molar-refractivity contribution < 1.29 is 4.92 Å². The highest BCUT2D eigenvalue weighted by atomic mass is 127. The van der Waals surface area contributed by atoms with E-state index in [-0.39, 0.29) is 11.5 Å². The predicted molar refractivity (Wildman–Crippen MR) is 70.3 cm³/mol. The van der Waals surface area contributed by atoms with Crippen LogP contribution in [0.1, 0.15) is 0 Å². The number of halogens is 1. The quantitative estimate of drug-likeness (QED) is 0.521. The first kappa shape index (κ1) is 11.8. The van der Waals surface area contributed by atoms with Crippen molar-refractivity contribution in [2.75, 3.05) is 12.4 Å². The molecule has 0 aromatic carbocycles. The zero-order valence-electron chi connectivity index (χ0n) is 8.79. The standard InChI is InChI=1S/C9H8IN5O2/c1-11-8-3-2-7(15(16)17)9(13-8)14-5-6(10)4-12-14/h2-5H,1H3,(H,11,13). The second-order valence-electron chi connectivity index (χ2n) is 3.15. The second kappa shape index (κ2) is 4.65. The summed E-state index contributed by atoms with van der Waals surface area (Å²) < 4.78 is 2.27. The Morgan fingerprint density at radius 1 is 1.53 bits per heavy atom. The van der Waals surface area contributed by atoms with Gasteiger partial charge < -0.3 is 5.32 Å². The van der Waals surface area contributed by atoms with Crippen LogP contribution in [0.25, 0.3) is 5.82 Å². The first-order valence-electron chi connectivity index (χ1n) is 4.65. The molecule has 0 bridgehead atoms. The SMILES string of the molecule is CNc1ccc([N+](=O)[O-])c(-n2cc(I)cn2)n1. The Kier molecular flexibility index (Phi) is 3.22. The summed E-state index contributed by atoms with van der Waals surface area (Å²) in [7, 11) is 1.70. The molecular weight excluding hydrogens is 337 g/mol. The van der Waals surface area contributed by atoms with Crippen LogP contribution in [-0.4, -0.2) is 26.7 Å². The molecule has 1 N–H and O–H groups in total. The van der Waals surface area contributed by atoms with Crippen LogP contribution >= 0.6 is 22.6 Å². The fourth-order valence-electron chi connectivity index (χ4n) is 1.31. The van der Waals surface area contributed by atoms with Gasteiger partial charge in [0.25, 0.3) is 0 Å². The van der Waals surface area contributed by atoms with E-state index in [9.17, 15) is 10.1 Å². The van der Waals surface area contributed by atoms with E-state index >= 15 is 0 Å². The van der Waals surface area contributed by atoms with Gasteiger partial charge in [-0.15, -0.1) is 0 Å². The van der Waals surface area contributed by atoms with E-state index in [4.69, 9.17) is 0 Å². The van der Waals surface area contributed by atoms with Gasteiger partial charge in [0, 0.05) is 19.3 Å². The van der Waals surface area contributed by atoms with Crippen molar-refractivity contribution >= 4 is 34.1 Å². The molecule has 0 fully saturated rings. The summed E-state index contributed by atoms with van der Waals surface area (Å²) in [5.74, 6) is 0.751. The first-order chi connectivity index (χ1) is 8.11. The predicted octanol–water partition coefficient (Wildman–Crippen LogP) is 1.82. The third kappa shape index (κ3) is 2.35. The number of rotatable bonds is 3. The summed E-state index contributed by atoms with van der Waals surface area (Å²) in [6.45, 7) is 0. The summed E-state index contributed by atoms with van der Waals surface area (Å²) in [6, 6.07) is 2.96. The van der Waals surface area contributed by atoms with Gasteiger partial charge in [-0.25, -0.2) is 9.67 Å². The molecule has 0 aliphatic rings. The summed E-state index contributed by atoms with van der Waals surface area (Å²) in [5.41, 5.74) is -0.0801. The van der Waals surface area contributed by atoms with Crippen LogP contribution in [0.4, 0.5) is 11.5 Å². The fraction of sp³-hybridized carbons (Fsp3) is 0.111. The van der Waals surface area contributed by atoms with E-state index < -0.39 is 4.92 Å². The van der Waals surface area contributed by atoms with E-state index in [1.54, 1.807) is 25.5 Å². The number of nitrogens with one attached hydrogen (secondary N) is 1. The van der Waals surface area contributed by atoms with Crippen molar-refractivity contribution in [2.45, 2.75) is 0 Å². The molecule has 0 spiro atoms. The van der Waals surface area contributed by atoms with E-state index in [0.29, 0.717) is 5.82 Å². The highest BCUT2D eigenvalue weighted by Crippen LogP contribution is 2.22. The Bertz CT molecular complexity index is 568. The van der Waals surface area contributed by atoms with Crippen LogP contribution in [0.5, 0.6) is 0 Å². The van der Waals surface area contributed by atoms with Gasteiger partial charge in [0.05, 0.1) is 14.7 Å². The minimum absolute atomic E-state index is 0.0801. The van der Waals surface area contributed by atoms with Crippen molar-refractivity contribution in [1.82, 2.24) is 14.8 Å². The maximum atomic E-state index is 10.9. The Balaban J connectivity index is 2.60. The number of nitrogens with zero attached hydrogens (tertiary/aromatic N) is 4. The van der Waals surface area contributed by atoms with Crippen LogP contribution in [-0.2, 0) is 0 Å². The highest BCUT2D eigenvalue weighted by molar-refractivity contribution is 14.1. The highest BCUT2D eigenvalue weighted by Gasteiger charge is 2.18. The number of hydrogen-bond acceptors (Lipinski definition) is 5. The lowest BCUT2D eigenvalue weighted by atomic mass is 10.3. The van der Waals surface area contributed by atoms with Gasteiger partial charge in [0.15, 0.2) is 0 Å². The Morgan fingerprint density at radius 3 is 2.82 bits per heavy atom.